The van der Waals surface area contributed by atoms with Gasteiger partial charge in [-0.2, -0.15) is 0 Å². The molecule has 1 atom stereocenters. The van der Waals surface area contributed by atoms with Gasteiger partial charge in [-0.25, -0.2) is 4.79 Å². The van der Waals surface area contributed by atoms with Crippen LogP contribution in [0.4, 0.5) is 10.5 Å². The molecule has 0 aliphatic heterocycles. The second-order valence-electron chi connectivity index (χ2n) is 3.92. The van der Waals surface area contributed by atoms with Crippen molar-refractivity contribution >= 4 is 33.6 Å². The molecule has 3 N–H and O–H groups in total. The molecule has 0 aliphatic carbocycles. The molecule has 0 spiro atoms. The molecule has 1 aromatic rings. The quantitative estimate of drug-likeness (QED) is 0.773. The number of anilines is 1. The number of carbonyl (C=O) groups excluding carboxylic acids is 1. The molecule has 0 fully saturated rings. The molecule has 0 heterocycles. The Morgan fingerprint density at radius 1 is 1.47 bits per heavy atom. The van der Waals surface area contributed by atoms with Crippen LogP contribution in [0.1, 0.15) is 6.92 Å². The first kappa shape index (κ1) is 15.3. The number of nitrogens with one attached hydrogen (secondary N) is 2. The summed E-state index contributed by atoms with van der Waals surface area (Å²) in [5, 5.41) is 13.8. The average molecular weight is 331 g/mol. The van der Waals surface area contributed by atoms with E-state index in [4.69, 9.17) is 9.84 Å². The number of halogens is 1. The Hall–Kier alpha value is -1.76. The summed E-state index contributed by atoms with van der Waals surface area (Å²) in [6.45, 7) is 1.58. The number of methoxy groups -OCH3 is 1. The maximum Gasteiger partial charge on any atom is 0.319 e. The minimum absolute atomic E-state index is 0.0583. The summed E-state index contributed by atoms with van der Waals surface area (Å²) in [7, 11) is 1.53. The standard InChI is InChI=1S/C12H15BrN2O4/c1-7(11(16)17)6-14-12(18)15-10-5-8(19-2)3-4-9(10)13/h3-5,7H,6H2,1-2H3,(H,16,17)(H2,14,15,18). The first-order chi connectivity index (χ1) is 8.93. The maximum atomic E-state index is 11.6. The molecule has 0 radical (unpaired) electrons. The summed E-state index contributed by atoms with van der Waals surface area (Å²) in [6.07, 6.45) is 0. The lowest BCUT2D eigenvalue weighted by atomic mass is 10.2. The molecule has 1 rings (SSSR count). The van der Waals surface area contributed by atoms with Gasteiger partial charge in [-0.1, -0.05) is 6.92 Å². The Bertz CT molecular complexity index is 479. The second kappa shape index (κ2) is 6.98. The summed E-state index contributed by atoms with van der Waals surface area (Å²) in [6, 6.07) is 4.68. The minimum atomic E-state index is -0.956. The number of hydrogen-bond acceptors (Lipinski definition) is 3. The Balaban J connectivity index is 2.59. The molecule has 7 heteroatoms. The van der Waals surface area contributed by atoms with E-state index in [1.54, 1.807) is 18.2 Å². The predicted molar refractivity (Wildman–Crippen MR) is 74.5 cm³/mol. The van der Waals surface area contributed by atoms with Crippen molar-refractivity contribution < 1.29 is 19.4 Å². The zero-order chi connectivity index (χ0) is 14.4. The smallest absolute Gasteiger partial charge is 0.319 e. The molecule has 0 saturated heterocycles. The molecule has 104 valence electrons. The molecule has 2 amide bonds. The van der Waals surface area contributed by atoms with Crippen molar-refractivity contribution in [2.75, 3.05) is 19.0 Å². The SMILES string of the molecule is COc1ccc(Br)c(NC(=O)NCC(C)C(=O)O)c1. The predicted octanol–water partition coefficient (Wildman–Crippen LogP) is 2.30. The van der Waals surface area contributed by atoms with Gasteiger partial charge in [0.2, 0.25) is 0 Å². The third-order valence-corrected chi connectivity index (χ3v) is 3.10. The van der Waals surface area contributed by atoms with Crippen LogP contribution in [0.2, 0.25) is 0 Å². The molecule has 0 bridgehead atoms. The number of ether oxygens (including phenoxy) is 1. The van der Waals surface area contributed by atoms with Gasteiger partial charge in [-0.05, 0) is 28.1 Å². The Labute approximate surface area is 119 Å². The van der Waals surface area contributed by atoms with Crippen LogP contribution >= 0.6 is 15.9 Å². The lowest BCUT2D eigenvalue weighted by molar-refractivity contribution is -0.140. The average Bonchev–Trinajstić information content (AvgIpc) is 2.38. The van der Waals surface area contributed by atoms with Crippen molar-refractivity contribution in [3.05, 3.63) is 22.7 Å². The lowest BCUT2D eigenvalue weighted by Crippen LogP contribution is -2.34. The molecule has 19 heavy (non-hydrogen) atoms. The molecular weight excluding hydrogens is 316 g/mol. The Morgan fingerprint density at radius 2 is 2.16 bits per heavy atom. The maximum absolute atomic E-state index is 11.6. The third-order valence-electron chi connectivity index (χ3n) is 2.41. The fourth-order valence-corrected chi connectivity index (χ4v) is 1.57. The van der Waals surface area contributed by atoms with Crippen LogP contribution in [0.5, 0.6) is 5.75 Å². The first-order valence-corrected chi connectivity index (χ1v) is 6.34. The van der Waals surface area contributed by atoms with Crippen molar-refractivity contribution in [3.8, 4) is 5.75 Å². The summed E-state index contributed by atoms with van der Waals surface area (Å²) in [5.74, 6) is -0.986. The van der Waals surface area contributed by atoms with Crippen LogP contribution in [0, 0.1) is 5.92 Å². The summed E-state index contributed by atoms with van der Waals surface area (Å²) in [5.41, 5.74) is 0.542. The van der Waals surface area contributed by atoms with Gasteiger partial charge in [-0.15, -0.1) is 0 Å². The first-order valence-electron chi connectivity index (χ1n) is 5.55. The number of benzene rings is 1. The zero-order valence-corrected chi connectivity index (χ0v) is 12.2. The summed E-state index contributed by atoms with van der Waals surface area (Å²) < 4.78 is 5.75. The van der Waals surface area contributed by atoms with E-state index < -0.39 is 17.9 Å². The van der Waals surface area contributed by atoms with Gasteiger partial charge in [-0.3, -0.25) is 4.79 Å². The normalized spacial score (nSPS) is 11.5. The number of hydrogen-bond donors (Lipinski definition) is 3. The van der Waals surface area contributed by atoms with E-state index >= 15 is 0 Å². The minimum Gasteiger partial charge on any atom is -0.497 e. The topological polar surface area (TPSA) is 87.7 Å². The van der Waals surface area contributed by atoms with Crippen LogP contribution in [0.3, 0.4) is 0 Å². The van der Waals surface area contributed by atoms with Crippen molar-refractivity contribution in [1.82, 2.24) is 5.32 Å². The largest absolute Gasteiger partial charge is 0.497 e. The van der Waals surface area contributed by atoms with E-state index in [1.807, 2.05) is 0 Å². The molecule has 0 aromatic heterocycles. The number of rotatable bonds is 5. The van der Waals surface area contributed by atoms with E-state index in [1.165, 1.54) is 14.0 Å². The molecule has 1 unspecified atom stereocenters. The van der Waals surface area contributed by atoms with Gasteiger partial charge in [0.1, 0.15) is 5.75 Å². The van der Waals surface area contributed by atoms with E-state index in [2.05, 4.69) is 26.6 Å². The van der Waals surface area contributed by atoms with Gasteiger partial charge in [0.05, 0.1) is 18.7 Å². The lowest BCUT2D eigenvalue weighted by Gasteiger charge is -2.11. The van der Waals surface area contributed by atoms with Gasteiger partial charge in [0.25, 0.3) is 0 Å². The number of aliphatic carboxylic acids is 1. The van der Waals surface area contributed by atoms with Crippen molar-refractivity contribution in [3.63, 3.8) is 0 Å². The zero-order valence-electron chi connectivity index (χ0n) is 10.6. The highest BCUT2D eigenvalue weighted by Gasteiger charge is 2.12. The number of carbonyl (C=O) groups is 2. The van der Waals surface area contributed by atoms with Crippen molar-refractivity contribution in [2.45, 2.75) is 6.92 Å². The summed E-state index contributed by atoms with van der Waals surface area (Å²) >= 11 is 3.30. The van der Waals surface area contributed by atoms with Crippen LogP contribution in [0.15, 0.2) is 22.7 Å². The van der Waals surface area contributed by atoms with Crippen molar-refractivity contribution in [1.29, 1.82) is 0 Å². The fraction of sp³-hybridized carbons (Fsp3) is 0.333. The molecule has 0 saturated carbocycles. The molecule has 6 nitrogen and oxygen atoms in total. The Kier molecular flexibility index (Phi) is 5.62. The van der Waals surface area contributed by atoms with Gasteiger partial charge in [0.15, 0.2) is 0 Å². The van der Waals surface area contributed by atoms with E-state index in [-0.39, 0.29) is 6.54 Å². The van der Waals surface area contributed by atoms with Gasteiger partial charge >= 0.3 is 12.0 Å². The monoisotopic (exact) mass is 330 g/mol. The number of urea groups is 1. The highest BCUT2D eigenvalue weighted by atomic mass is 79.9. The van der Waals surface area contributed by atoms with Crippen LogP contribution in [0.25, 0.3) is 0 Å². The van der Waals surface area contributed by atoms with Gasteiger partial charge in [0, 0.05) is 17.1 Å². The Morgan fingerprint density at radius 3 is 2.74 bits per heavy atom. The highest BCUT2D eigenvalue weighted by molar-refractivity contribution is 9.10. The van der Waals surface area contributed by atoms with Crippen LogP contribution in [-0.4, -0.2) is 30.8 Å². The van der Waals surface area contributed by atoms with Crippen LogP contribution < -0.4 is 15.4 Å². The molecule has 0 aliphatic rings. The number of carboxylic acids is 1. The van der Waals surface area contributed by atoms with Gasteiger partial charge < -0.3 is 20.5 Å². The third kappa shape index (κ3) is 4.78. The van der Waals surface area contributed by atoms with E-state index in [0.29, 0.717) is 15.9 Å². The van der Waals surface area contributed by atoms with E-state index in [9.17, 15) is 9.59 Å². The van der Waals surface area contributed by atoms with Crippen LogP contribution in [-0.2, 0) is 4.79 Å². The fourth-order valence-electron chi connectivity index (χ4n) is 1.23. The number of amides is 2. The highest BCUT2D eigenvalue weighted by Crippen LogP contribution is 2.26. The van der Waals surface area contributed by atoms with Crippen molar-refractivity contribution in [2.24, 2.45) is 5.92 Å². The second-order valence-corrected chi connectivity index (χ2v) is 4.77. The van der Waals surface area contributed by atoms with E-state index in [0.717, 1.165) is 0 Å². The molecular formula is C12H15BrN2O4. The number of carboxylic acid groups (broad SMARTS) is 1. The molecule has 1 aromatic carbocycles. The summed E-state index contributed by atoms with van der Waals surface area (Å²) in [4.78, 5) is 22.2.